The molecule has 0 aliphatic heterocycles. The Balaban J connectivity index is 2.31. The number of hydrogen-bond donors (Lipinski definition) is 1. The van der Waals surface area contributed by atoms with Crippen LogP contribution in [0.2, 0.25) is 5.15 Å². The molecule has 0 saturated carbocycles. The lowest BCUT2D eigenvalue weighted by Crippen LogP contribution is -1.98. The van der Waals surface area contributed by atoms with Crippen molar-refractivity contribution in [1.29, 1.82) is 5.26 Å². The Labute approximate surface area is 108 Å². The van der Waals surface area contributed by atoms with E-state index in [-0.39, 0.29) is 5.56 Å². The lowest BCUT2D eigenvalue weighted by molar-refractivity contribution is 0.624. The van der Waals surface area contributed by atoms with Crippen LogP contribution in [0.1, 0.15) is 11.4 Å². The molecule has 0 unspecified atom stereocenters. The number of aromatic nitrogens is 2. The Hall–Kier alpha value is -2.19. The van der Waals surface area contributed by atoms with Crippen LogP contribution in [-0.4, -0.2) is 9.97 Å². The van der Waals surface area contributed by atoms with Crippen molar-refractivity contribution in [2.24, 2.45) is 0 Å². The molecule has 2 aromatic rings. The summed E-state index contributed by atoms with van der Waals surface area (Å²) in [6.07, 6.45) is 0. The monoisotopic (exact) mass is 262 g/mol. The number of hydrogen-bond acceptors (Lipinski definition) is 4. The molecule has 1 aromatic carbocycles. The van der Waals surface area contributed by atoms with E-state index < -0.39 is 5.82 Å². The molecule has 1 N–H and O–H groups in total. The number of nitrogens with one attached hydrogen (secondary N) is 1. The van der Waals surface area contributed by atoms with E-state index >= 15 is 0 Å². The van der Waals surface area contributed by atoms with E-state index in [1.807, 2.05) is 0 Å². The Kier molecular flexibility index (Phi) is 3.40. The van der Waals surface area contributed by atoms with Crippen molar-refractivity contribution in [3.63, 3.8) is 0 Å². The lowest BCUT2D eigenvalue weighted by Gasteiger charge is -2.07. The van der Waals surface area contributed by atoms with E-state index in [1.54, 1.807) is 19.1 Å². The summed E-state index contributed by atoms with van der Waals surface area (Å²) in [6, 6.07) is 7.45. The third-order valence-corrected chi connectivity index (χ3v) is 2.36. The highest BCUT2D eigenvalue weighted by molar-refractivity contribution is 6.29. The van der Waals surface area contributed by atoms with Crippen LogP contribution in [-0.2, 0) is 0 Å². The Bertz CT molecular complexity index is 616. The largest absolute Gasteiger partial charge is 0.340 e. The molecule has 4 nitrogen and oxygen atoms in total. The molecule has 1 heterocycles. The summed E-state index contributed by atoms with van der Waals surface area (Å²) >= 11 is 5.80. The maximum atomic E-state index is 13.1. The van der Waals surface area contributed by atoms with Gasteiger partial charge in [0.1, 0.15) is 28.7 Å². The second-order valence-corrected chi connectivity index (χ2v) is 3.94. The van der Waals surface area contributed by atoms with Crippen molar-refractivity contribution in [1.82, 2.24) is 9.97 Å². The van der Waals surface area contributed by atoms with Gasteiger partial charge in [-0.3, -0.25) is 0 Å². The summed E-state index contributed by atoms with van der Waals surface area (Å²) in [4.78, 5) is 8.05. The number of aryl methyl sites for hydroxylation is 1. The topological polar surface area (TPSA) is 61.6 Å². The van der Waals surface area contributed by atoms with Gasteiger partial charge in [-0.15, -0.1) is 0 Å². The summed E-state index contributed by atoms with van der Waals surface area (Å²) in [5, 5.41) is 12.0. The highest BCUT2D eigenvalue weighted by atomic mass is 35.5. The fourth-order valence-corrected chi connectivity index (χ4v) is 1.66. The van der Waals surface area contributed by atoms with Gasteiger partial charge in [0.2, 0.25) is 0 Å². The number of nitriles is 1. The minimum absolute atomic E-state index is 0.0307. The van der Waals surface area contributed by atoms with E-state index in [0.29, 0.717) is 22.5 Å². The first-order valence-electron chi connectivity index (χ1n) is 5.06. The van der Waals surface area contributed by atoms with Crippen LogP contribution in [0.15, 0.2) is 24.3 Å². The van der Waals surface area contributed by atoms with Crippen molar-refractivity contribution in [2.45, 2.75) is 6.92 Å². The molecule has 2 rings (SSSR count). The van der Waals surface area contributed by atoms with Crippen LogP contribution in [0.5, 0.6) is 0 Å². The average molecular weight is 263 g/mol. The fourth-order valence-electron chi connectivity index (χ4n) is 1.43. The van der Waals surface area contributed by atoms with Crippen LogP contribution in [0.4, 0.5) is 15.9 Å². The lowest BCUT2D eigenvalue weighted by atomic mass is 10.2. The molecule has 1 aromatic heterocycles. The van der Waals surface area contributed by atoms with Gasteiger partial charge in [-0.25, -0.2) is 14.4 Å². The van der Waals surface area contributed by atoms with Crippen molar-refractivity contribution < 1.29 is 4.39 Å². The van der Waals surface area contributed by atoms with Gasteiger partial charge >= 0.3 is 0 Å². The van der Waals surface area contributed by atoms with Crippen molar-refractivity contribution in [3.05, 3.63) is 46.6 Å². The standard InChI is InChI=1S/C12H8ClFN4/c1-7-16-11(13)5-12(17-7)18-9-2-3-10(14)8(4-9)6-15/h2-5H,1H3,(H,16,17,18). The fraction of sp³-hybridized carbons (Fsp3) is 0.0833. The average Bonchev–Trinajstić information content (AvgIpc) is 2.30. The predicted molar refractivity (Wildman–Crippen MR) is 66.2 cm³/mol. The van der Waals surface area contributed by atoms with Gasteiger partial charge in [-0.1, -0.05) is 11.6 Å². The molecule has 0 spiro atoms. The molecule has 0 saturated heterocycles. The molecule has 90 valence electrons. The van der Waals surface area contributed by atoms with Crippen LogP contribution in [0.25, 0.3) is 0 Å². The summed E-state index contributed by atoms with van der Waals surface area (Å²) in [5.41, 5.74) is 0.527. The zero-order chi connectivity index (χ0) is 13.1. The van der Waals surface area contributed by atoms with Crippen molar-refractivity contribution in [2.75, 3.05) is 5.32 Å². The number of benzene rings is 1. The van der Waals surface area contributed by atoms with Gasteiger partial charge in [-0.2, -0.15) is 5.26 Å². The number of halogens is 2. The Morgan fingerprint density at radius 3 is 2.78 bits per heavy atom. The Morgan fingerprint density at radius 1 is 1.33 bits per heavy atom. The second kappa shape index (κ2) is 4.98. The number of nitrogens with zero attached hydrogens (tertiary/aromatic N) is 3. The zero-order valence-corrected chi connectivity index (χ0v) is 10.2. The normalized spacial score (nSPS) is 9.89. The van der Waals surface area contributed by atoms with Gasteiger partial charge in [-0.05, 0) is 25.1 Å². The predicted octanol–water partition coefficient (Wildman–Crippen LogP) is 3.19. The molecule has 0 atom stereocenters. The summed E-state index contributed by atoms with van der Waals surface area (Å²) < 4.78 is 13.1. The minimum atomic E-state index is -0.556. The first-order valence-corrected chi connectivity index (χ1v) is 5.44. The van der Waals surface area contributed by atoms with Crippen LogP contribution in [0.3, 0.4) is 0 Å². The zero-order valence-electron chi connectivity index (χ0n) is 9.41. The second-order valence-electron chi connectivity index (χ2n) is 3.55. The molecule has 0 radical (unpaired) electrons. The third kappa shape index (κ3) is 2.73. The molecule has 0 fully saturated rings. The first-order chi connectivity index (χ1) is 8.58. The third-order valence-electron chi connectivity index (χ3n) is 2.17. The quantitative estimate of drug-likeness (QED) is 0.845. The van der Waals surface area contributed by atoms with Crippen molar-refractivity contribution >= 4 is 23.1 Å². The van der Waals surface area contributed by atoms with Crippen LogP contribution >= 0.6 is 11.6 Å². The molecular weight excluding hydrogens is 255 g/mol. The maximum Gasteiger partial charge on any atom is 0.141 e. The summed E-state index contributed by atoms with van der Waals surface area (Å²) in [6.45, 7) is 1.71. The molecular formula is C12H8ClFN4. The molecule has 18 heavy (non-hydrogen) atoms. The van der Waals surface area contributed by atoms with Gasteiger partial charge < -0.3 is 5.32 Å². The number of rotatable bonds is 2. The van der Waals surface area contributed by atoms with Gasteiger partial charge in [0.05, 0.1) is 5.56 Å². The summed E-state index contributed by atoms with van der Waals surface area (Å²) in [7, 11) is 0. The van der Waals surface area contributed by atoms with E-state index in [2.05, 4.69) is 15.3 Å². The smallest absolute Gasteiger partial charge is 0.141 e. The van der Waals surface area contributed by atoms with E-state index in [4.69, 9.17) is 16.9 Å². The number of anilines is 2. The van der Waals surface area contributed by atoms with E-state index in [9.17, 15) is 4.39 Å². The minimum Gasteiger partial charge on any atom is -0.340 e. The highest BCUT2D eigenvalue weighted by Gasteiger charge is 2.04. The first kappa shape index (κ1) is 12.3. The van der Waals surface area contributed by atoms with E-state index in [0.717, 1.165) is 0 Å². The van der Waals surface area contributed by atoms with Crippen molar-refractivity contribution in [3.8, 4) is 6.07 Å². The summed E-state index contributed by atoms with van der Waals surface area (Å²) in [5.74, 6) is 0.454. The van der Waals surface area contributed by atoms with Gasteiger partial charge in [0, 0.05) is 11.8 Å². The highest BCUT2D eigenvalue weighted by Crippen LogP contribution is 2.19. The Morgan fingerprint density at radius 2 is 2.11 bits per heavy atom. The van der Waals surface area contributed by atoms with Crippen LogP contribution in [0, 0.1) is 24.1 Å². The van der Waals surface area contributed by atoms with E-state index in [1.165, 1.54) is 18.2 Å². The molecule has 6 heteroatoms. The molecule has 0 aliphatic rings. The molecule has 0 aliphatic carbocycles. The van der Waals surface area contributed by atoms with Crippen LogP contribution < -0.4 is 5.32 Å². The SMILES string of the molecule is Cc1nc(Cl)cc(Nc2ccc(F)c(C#N)c2)n1. The van der Waals surface area contributed by atoms with Gasteiger partial charge in [0.15, 0.2) is 0 Å². The maximum absolute atomic E-state index is 13.1. The molecule has 0 amide bonds. The molecule has 0 bridgehead atoms. The van der Waals surface area contributed by atoms with Gasteiger partial charge in [0.25, 0.3) is 0 Å².